The highest BCUT2D eigenvalue weighted by Gasteiger charge is 2.34. The van der Waals surface area contributed by atoms with Gasteiger partial charge in [-0.05, 0) is 17.5 Å². The first-order valence-corrected chi connectivity index (χ1v) is 11.8. The Balaban J connectivity index is 1.42. The second kappa shape index (κ2) is 11.4. The van der Waals surface area contributed by atoms with Gasteiger partial charge in [-0.2, -0.15) is 0 Å². The van der Waals surface area contributed by atoms with Crippen molar-refractivity contribution in [3.8, 4) is 0 Å². The summed E-state index contributed by atoms with van der Waals surface area (Å²) in [6.45, 7) is 5.24. The molecule has 2 aliphatic rings. The minimum absolute atomic E-state index is 0.0156. The lowest BCUT2D eigenvalue weighted by atomic mass is 10.00. The molecule has 2 N–H and O–H groups in total. The summed E-state index contributed by atoms with van der Waals surface area (Å²) in [7, 11) is 0. The minimum Gasteiger partial charge on any atom is -0.378 e. The summed E-state index contributed by atoms with van der Waals surface area (Å²) < 4.78 is 5.32. The number of piperazine rings is 1. The summed E-state index contributed by atoms with van der Waals surface area (Å²) >= 11 is 0. The average Bonchev–Trinajstić information content (AvgIpc) is 2.85. The predicted octanol–water partition coefficient (Wildman–Crippen LogP) is 1.52. The number of nitrogens with two attached hydrogens (primary N) is 1. The van der Waals surface area contributed by atoms with Gasteiger partial charge in [0, 0.05) is 45.3 Å². The minimum atomic E-state index is -0.820. The van der Waals surface area contributed by atoms with Gasteiger partial charge in [-0.15, -0.1) is 0 Å². The quantitative estimate of drug-likeness (QED) is 0.692. The van der Waals surface area contributed by atoms with Crippen molar-refractivity contribution in [1.82, 2.24) is 14.7 Å². The molecule has 0 spiro atoms. The van der Waals surface area contributed by atoms with Crippen LogP contribution in [-0.2, 0) is 27.3 Å². The van der Waals surface area contributed by atoms with E-state index in [9.17, 15) is 9.59 Å². The number of carbonyl (C=O) groups excluding carboxylic acids is 2. The van der Waals surface area contributed by atoms with Gasteiger partial charge in [-0.3, -0.25) is 14.5 Å². The molecule has 0 aromatic heterocycles. The molecule has 7 nitrogen and oxygen atoms in total. The molecule has 2 heterocycles. The van der Waals surface area contributed by atoms with Crippen molar-refractivity contribution >= 4 is 11.8 Å². The first-order valence-electron chi connectivity index (χ1n) is 11.8. The molecule has 2 aromatic carbocycles. The topological polar surface area (TPSA) is 79.1 Å². The second-order valence-corrected chi connectivity index (χ2v) is 8.90. The Hall–Kier alpha value is -2.74. The van der Waals surface area contributed by atoms with Crippen LogP contribution in [0.1, 0.15) is 17.5 Å². The van der Waals surface area contributed by atoms with Crippen LogP contribution in [0.25, 0.3) is 0 Å². The first kappa shape index (κ1) is 23.4. The zero-order valence-corrected chi connectivity index (χ0v) is 19.1. The maximum atomic E-state index is 13.4. The molecule has 33 heavy (non-hydrogen) atoms. The van der Waals surface area contributed by atoms with Crippen LogP contribution in [0, 0.1) is 0 Å². The van der Waals surface area contributed by atoms with Crippen LogP contribution < -0.4 is 5.73 Å². The number of amides is 2. The molecule has 4 rings (SSSR count). The second-order valence-electron chi connectivity index (χ2n) is 8.90. The highest BCUT2D eigenvalue weighted by Crippen LogP contribution is 2.19. The van der Waals surface area contributed by atoms with Gasteiger partial charge in [0.1, 0.15) is 0 Å². The average molecular weight is 451 g/mol. The number of morpholine rings is 1. The molecular weight excluding hydrogens is 416 g/mol. The van der Waals surface area contributed by atoms with Crippen molar-refractivity contribution < 1.29 is 14.3 Å². The molecule has 2 amide bonds. The van der Waals surface area contributed by atoms with Crippen molar-refractivity contribution in [2.45, 2.75) is 31.5 Å². The summed E-state index contributed by atoms with van der Waals surface area (Å²) in [4.78, 5) is 32.1. The molecule has 2 atom stereocenters. The third kappa shape index (κ3) is 6.41. The molecule has 0 bridgehead atoms. The van der Waals surface area contributed by atoms with Gasteiger partial charge in [-0.25, -0.2) is 0 Å². The van der Waals surface area contributed by atoms with Gasteiger partial charge >= 0.3 is 0 Å². The van der Waals surface area contributed by atoms with Gasteiger partial charge < -0.3 is 20.3 Å². The normalized spacial score (nSPS) is 20.5. The fourth-order valence-electron chi connectivity index (χ4n) is 4.69. The van der Waals surface area contributed by atoms with Crippen molar-refractivity contribution in [2.75, 3.05) is 45.9 Å². The highest BCUT2D eigenvalue weighted by molar-refractivity contribution is 5.88. The fourth-order valence-corrected chi connectivity index (χ4v) is 4.69. The fraction of sp³-hybridized carbons (Fsp3) is 0.462. The lowest BCUT2D eigenvalue weighted by Crippen LogP contribution is -2.59. The molecule has 0 radical (unpaired) electrons. The van der Waals surface area contributed by atoms with Crippen LogP contribution >= 0.6 is 0 Å². The Kier molecular flexibility index (Phi) is 8.10. The van der Waals surface area contributed by atoms with E-state index in [0.29, 0.717) is 32.8 Å². The number of carbonyl (C=O) groups is 2. The van der Waals surface area contributed by atoms with Crippen molar-refractivity contribution in [3.05, 3.63) is 71.8 Å². The summed E-state index contributed by atoms with van der Waals surface area (Å²) in [5, 5.41) is 0. The number of rotatable bonds is 7. The number of hydrogen-bond donors (Lipinski definition) is 1. The Morgan fingerprint density at radius 1 is 0.909 bits per heavy atom. The van der Waals surface area contributed by atoms with Crippen LogP contribution in [0.4, 0.5) is 0 Å². The van der Waals surface area contributed by atoms with E-state index in [-0.39, 0.29) is 24.3 Å². The first-order chi connectivity index (χ1) is 16.1. The molecule has 0 aliphatic carbocycles. The van der Waals surface area contributed by atoms with Gasteiger partial charge in [0.2, 0.25) is 11.8 Å². The standard InChI is InChI=1S/C26H34N4O3/c27-24(18-25(31)29-13-15-33-16-14-29)26(32)30-12-11-28(19-22-9-5-2-6-10-22)20-23(30)17-21-7-3-1-4-8-21/h1-10,23-24H,11-20,27H2/t23-,24-/m0/s1. The van der Waals surface area contributed by atoms with Crippen molar-refractivity contribution in [2.24, 2.45) is 5.73 Å². The largest absolute Gasteiger partial charge is 0.378 e. The van der Waals surface area contributed by atoms with E-state index >= 15 is 0 Å². The maximum Gasteiger partial charge on any atom is 0.240 e. The molecule has 7 heteroatoms. The van der Waals surface area contributed by atoms with Gasteiger partial charge in [0.05, 0.1) is 25.7 Å². The lowest BCUT2D eigenvalue weighted by molar-refractivity contribution is -0.143. The van der Waals surface area contributed by atoms with Crippen LogP contribution in [0.3, 0.4) is 0 Å². The Morgan fingerprint density at radius 2 is 1.55 bits per heavy atom. The molecular formula is C26H34N4O3. The van der Waals surface area contributed by atoms with E-state index in [1.54, 1.807) is 4.90 Å². The van der Waals surface area contributed by atoms with Gasteiger partial charge in [-0.1, -0.05) is 60.7 Å². The zero-order valence-electron chi connectivity index (χ0n) is 19.1. The maximum absolute atomic E-state index is 13.4. The third-order valence-corrected chi connectivity index (χ3v) is 6.49. The van der Waals surface area contributed by atoms with E-state index in [4.69, 9.17) is 10.5 Å². The molecule has 176 valence electrons. The zero-order chi connectivity index (χ0) is 23.0. The van der Waals surface area contributed by atoms with E-state index in [2.05, 4.69) is 41.3 Å². The summed E-state index contributed by atoms with van der Waals surface area (Å²) in [5.74, 6) is -0.196. The van der Waals surface area contributed by atoms with E-state index in [0.717, 1.165) is 26.1 Å². The Morgan fingerprint density at radius 3 is 2.21 bits per heavy atom. The number of hydrogen-bond acceptors (Lipinski definition) is 5. The number of ether oxygens (including phenoxy) is 1. The molecule has 2 fully saturated rings. The number of benzene rings is 2. The van der Waals surface area contributed by atoms with Crippen molar-refractivity contribution in [1.29, 1.82) is 0 Å². The molecule has 2 saturated heterocycles. The van der Waals surface area contributed by atoms with E-state index in [1.165, 1.54) is 11.1 Å². The monoisotopic (exact) mass is 450 g/mol. The summed E-state index contributed by atoms with van der Waals surface area (Å²) in [6.07, 6.45) is 0.809. The third-order valence-electron chi connectivity index (χ3n) is 6.49. The summed E-state index contributed by atoms with van der Waals surface area (Å²) in [6, 6.07) is 19.9. The van der Waals surface area contributed by atoms with E-state index in [1.807, 2.05) is 29.2 Å². The predicted molar refractivity (Wildman–Crippen MR) is 127 cm³/mol. The Labute approximate surface area is 196 Å². The molecule has 0 saturated carbocycles. The SMILES string of the molecule is N[C@@H](CC(=O)N1CCOCC1)C(=O)N1CCN(Cc2ccccc2)C[C@@H]1Cc1ccccc1. The van der Waals surface area contributed by atoms with Gasteiger partial charge in [0.15, 0.2) is 0 Å². The highest BCUT2D eigenvalue weighted by atomic mass is 16.5. The number of nitrogens with zero attached hydrogens (tertiary/aromatic N) is 3. The van der Waals surface area contributed by atoms with Crippen LogP contribution in [0.5, 0.6) is 0 Å². The summed E-state index contributed by atoms with van der Waals surface area (Å²) in [5.41, 5.74) is 8.75. The van der Waals surface area contributed by atoms with Crippen LogP contribution in [0.15, 0.2) is 60.7 Å². The van der Waals surface area contributed by atoms with Crippen LogP contribution in [0.2, 0.25) is 0 Å². The molecule has 2 aromatic rings. The Bertz CT molecular complexity index is 902. The van der Waals surface area contributed by atoms with Crippen LogP contribution in [-0.4, -0.2) is 84.5 Å². The van der Waals surface area contributed by atoms with Gasteiger partial charge in [0.25, 0.3) is 0 Å². The molecule has 2 aliphatic heterocycles. The van der Waals surface area contributed by atoms with Crippen molar-refractivity contribution in [3.63, 3.8) is 0 Å². The van der Waals surface area contributed by atoms with E-state index < -0.39 is 6.04 Å². The lowest BCUT2D eigenvalue weighted by Gasteiger charge is -2.42. The smallest absolute Gasteiger partial charge is 0.240 e. The molecule has 0 unspecified atom stereocenters.